The highest BCUT2D eigenvalue weighted by Gasteiger charge is 2.18. The number of carboxylic acids is 1. The molecule has 0 saturated carbocycles. The zero-order chi connectivity index (χ0) is 16.7. The lowest BCUT2D eigenvalue weighted by molar-refractivity contribution is -0.144. The van der Waals surface area contributed by atoms with Crippen molar-refractivity contribution in [3.63, 3.8) is 0 Å². The van der Waals surface area contributed by atoms with Gasteiger partial charge in [-0.25, -0.2) is 4.79 Å². The summed E-state index contributed by atoms with van der Waals surface area (Å²) >= 11 is 0. The van der Waals surface area contributed by atoms with E-state index in [-0.39, 0.29) is 11.3 Å². The molecule has 0 bridgehead atoms. The van der Waals surface area contributed by atoms with Crippen molar-refractivity contribution in [1.82, 2.24) is 5.32 Å². The Morgan fingerprint density at radius 1 is 1.45 bits per heavy atom. The molecule has 2 N–H and O–H groups in total. The Balaban J connectivity index is 3.36. The fourth-order valence-electron chi connectivity index (χ4n) is 1.60. The summed E-state index contributed by atoms with van der Waals surface area (Å²) in [5, 5.41) is 20.3. The van der Waals surface area contributed by atoms with Gasteiger partial charge in [0, 0.05) is 12.6 Å². The van der Waals surface area contributed by atoms with Gasteiger partial charge in [0.2, 0.25) is 0 Å². The monoisotopic (exact) mass is 304 g/mol. The SMILES string of the molecule is CNC(=O)/C(C#N)=C\c1cccc(OC)c1O[C@H](C)C(=O)O. The summed E-state index contributed by atoms with van der Waals surface area (Å²) in [6, 6.07) is 6.60. The predicted molar refractivity (Wildman–Crippen MR) is 78.4 cm³/mol. The molecule has 0 aliphatic rings. The molecule has 0 unspecified atom stereocenters. The Hall–Kier alpha value is -3.01. The van der Waals surface area contributed by atoms with Crippen LogP contribution in [0.4, 0.5) is 0 Å². The van der Waals surface area contributed by atoms with Crippen LogP contribution < -0.4 is 14.8 Å². The summed E-state index contributed by atoms with van der Waals surface area (Å²) < 4.78 is 10.5. The van der Waals surface area contributed by atoms with Crippen molar-refractivity contribution in [2.75, 3.05) is 14.2 Å². The molecule has 7 heteroatoms. The molecule has 0 heterocycles. The van der Waals surface area contributed by atoms with Gasteiger partial charge in [-0.2, -0.15) is 5.26 Å². The number of nitrogens with zero attached hydrogens (tertiary/aromatic N) is 1. The number of methoxy groups -OCH3 is 1. The highest BCUT2D eigenvalue weighted by Crippen LogP contribution is 2.33. The normalized spacial score (nSPS) is 12.0. The van der Waals surface area contributed by atoms with Crippen LogP contribution >= 0.6 is 0 Å². The van der Waals surface area contributed by atoms with Crippen LogP contribution in [0.1, 0.15) is 12.5 Å². The summed E-state index contributed by atoms with van der Waals surface area (Å²) in [4.78, 5) is 22.5. The molecule has 0 aromatic heterocycles. The first-order valence-corrected chi connectivity index (χ1v) is 6.35. The number of aliphatic carboxylic acids is 1. The first kappa shape index (κ1) is 17.0. The Bertz CT molecular complexity index is 646. The number of ether oxygens (including phenoxy) is 2. The van der Waals surface area contributed by atoms with Crippen molar-refractivity contribution in [2.45, 2.75) is 13.0 Å². The smallest absolute Gasteiger partial charge is 0.344 e. The molecule has 22 heavy (non-hydrogen) atoms. The number of rotatable bonds is 6. The number of nitrogens with one attached hydrogen (secondary N) is 1. The quantitative estimate of drug-likeness (QED) is 0.604. The second-order valence-corrected chi connectivity index (χ2v) is 4.23. The molecular weight excluding hydrogens is 288 g/mol. The third-order valence-electron chi connectivity index (χ3n) is 2.76. The Kier molecular flexibility index (Phi) is 5.96. The summed E-state index contributed by atoms with van der Waals surface area (Å²) in [6.45, 7) is 1.37. The van der Waals surface area contributed by atoms with E-state index in [2.05, 4.69) is 5.32 Å². The van der Waals surface area contributed by atoms with E-state index >= 15 is 0 Å². The van der Waals surface area contributed by atoms with Gasteiger partial charge < -0.3 is 19.9 Å². The van der Waals surface area contributed by atoms with Gasteiger partial charge in [0.15, 0.2) is 17.6 Å². The van der Waals surface area contributed by atoms with Crippen molar-refractivity contribution in [3.05, 3.63) is 29.3 Å². The van der Waals surface area contributed by atoms with Gasteiger partial charge >= 0.3 is 5.97 Å². The number of carboxylic acid groups (broad SMARTS) is 1. The lowest BCUT2D eigenvalue weighted by Crippen LogP contribution is -2.23. The van der Waals surface area contributed by atoms with Crippen molar-refractivity contribution >= 4 is 18.0 Å². The Labute approximate surface area is 127 Å². The van der Waals surface area contributed by atoms with Crippen molar-refractivity contribution in [3.8, 4) is 17.6 Å². The van der Waals surface area contributed by atoms with Crippen molar-refractivity contribution in [2.24, 2.45) is 0 Å². The third-order valence-corrected chi connectivity index (χ3v) is 2.76. The Morgan fingerprint density at radius 3 is 2.64 bits per heavy atom. The molecule has 1 atom stereocenters. The summed E-state index contributed by atoms with van der Waals surface area (Å²) in [7, 11) is 2.81. The van der Waals surface area contributed by atoms with Gasteiger partial charge in [-0.05, 0) is 19.1 Å². The van der Waals surface area contributed by atoms with Gasteiger partial charge in [-0.1, -0.05) is 12.1 Å². The van der Waals surface area contributed by atoms with E-state index in [1.54, 1.807) is 24.3 Å². The molecule has 0 saturated heterocycles. The number of hydrogen-bond donors (Lipinski definition) is 2. The molecule has 1 rings (SSSR count). The second kappa shape index (κ2) is 7.69. The number of carbonyl (C=O) groups excluding carboxylic acids is 1. The minimum atomic E-state index is -1.15. The van der Waals surface area contributed by atoms with Crippen LogP contribution in [0.25, 0.3) is 6.08 Å². The molecule has 1 aromatic carbocycles. The third kappa shape index (κ3) is 3.99. The molecule has 116 valence electrons. The zero-order valence-corrected chi connectivity index (χ0v) is 12.4. The second-order valence-electron chi connectivity index (χ2n) is 4.23. The zero-order valence-electron chi connectivity index (χ0n) is 12.4. The molecule has 0 aliphatic carbocycles. The summed E-state index contributed by atoms with van der Waals surface area (Å²) in [5.74, 6) is -1.25. The van der Waals surface area contributed by atoms with E-state index in [0.717, 1.165) is 0 Å². The molecule has 0 fully saturated rings. The lowest BCUT2D eigenvalue weighted by Gasteiger charge is -2.16. The van der Waals surface area contributed by atoms with Crippen LogP contribution in [0, 0.1) is 11.3 Å². The van der Waals surface area contributed by atoms with Crippen LogP contribution in [-0.4, -0.2) is 37.2 Å². The highest BCUT2D eigenvalue weighted by atomic mass is 16.5. The number of carbonyl (C=O) groups is 2. The molecule has 1 aromatic rings. The van der Waals surface area contributed by atoms with Gasteiger partial charge in [0.25, 0.3) is 5.91 Å². The maximum Gasteiger partial charge on any atom is 0.344 e. The van der Waals surface area contributed by atoms with E-state index < -0.39 is 18.0 Å². The highest BCUT2D eigenvalue weighted by molar-refractivity contribution is 6.01. The van der Waals surface area contributed by atoms with E-state index in [1.807, 2.05) is 0 Å². The minimum Gasteiger partial charge on any atom is -0.493 e. The Morgan fingerprint density at radius 2 is 2.14 bits per heavy atom. The van der Waals surface area contributed by atoms with Crippen LogP contribution in [0.5, 0.6) is 11.5 Å². The molecule has 0 aliphatic heterocycles. The first-order valence-electron chi connectivity index (χ1n) is 6.35. The molecule has 0 spiro atoms. The van der Waals surface area contributed by atoms with Crippen LogP contribution in [0.2, 0.25) is 0 Å². The average Bonchev–Trinajstić information content (AvgIpc) is 2.52. The first-order chi connectivity index (χ1) is 10.4. The topological polar surface area (TPSA) is 109 Å². The number of benzene rings is 1. The van der Waals surface area contributed by atoms with E-state index in [0.29, 0.717) is 11.3 Å². The van der Waals surface area contributed by atoms with Gasteiger partial charge in [0.1, 0.15) is 11.6 Å². The maximum absolute atomic E-state index is 11.6. The number of hydrogen-bond acceptors (Lipinski definition) is 5. The predicted octanol–water partition coefficient (Wildman–Crippen LogP) is 1.20. The van der Waals surface area contributed by atoms with E-state index in [1.165, 1.54) is 27.2 Å². The average molecular weight is 304 g/mol. The molecule has 7 nitrogen and oxygen atoms in total. The molecule has 0 radical (unpaired) electrons. The summed E-state index contributed by atoms with van der Waals surface area (Å²) in [6.07, 6.45) is 0.194. The van der Waals surface area contributed by atoms with Crippen molar-refractivity contribution in [1.29, 1.82) is 5.26 Å². The van der Waals surface area contributed by atoms with E-state index in [9.17, 15) is 9.59 Å². The lowest BCUT2D eigenvalue weighted by atomic mass is 10.1. The van der Waals surface area contributed by atoms with Crippen LogP contribution in [0.15, 0.2) is 23.8 Å². The molecular formula is C15H16N2O5. The van der Waals surface area contributed by atoms with Crippen LogP contribution in [0.3, 0.4) is 0 Å². The van der Waals surface area contributed by atoms with Crippen molar-refractivity contribution < 1.29 is 24.2 Å². The maximum atomic E-state index is 11.6. The van der Waals surface area contributed by atoms with Crippen LogP contribution in [-0.2, 0) is 9.59 Å². The number of para-hydroxylation sites is 1. The standard InChI is InChI=1S/C15H16N2O5/c1-9(15(19)20)22-13-10(5-4-6-12(13)21-3)7-11(8-16)14(18)17-2/h4-7,9H,1-3H3,(H,17,18)(H,19,20)/b11-7-/t9-/m1/s1. The largest absolute Gasteiger partial charge is 0.493 e. The van der Waals surface area contributed by atoms with Gasteiger partial charge in [-0.3, -0.25) is 4.79 Å². The fourth-order valence-corrected chi connectivity index (χ4v) is 1.60. The summed E-state index contributed by atoms with van der Waals surface area (Å²) in [5.41, 5.74) is 0.233. The minimum absolute atomic E-state index is 0.136. The number of likely N-dealkylation sites (N-methyl/N-ethyl adjacent to an activating group) is 1. The van der Waals surface area contributed by atoms with Gasteiger partial charge in [-0.15, -0.1) is 0 Å². The fraction of sp³-hybridized carbons (Fsp3) is 0.267. The van der Waals surface area contributed by atoms with E-state index in [4.69, 9.17) is 19.8 Å². The molecule has 1 amide bonds. The van der Waals surface area contributed by atoms with Gasteiger partial charge in [0.05, 0.1) is 7.11 Å². The number of nitriles is 1. The number of amides is 1.